The van der Waals surface area contributed by atoms with Crippen LogP contribution in [0, 0.1) is 0 Å². The maximum atomic E-state index is 11.8. The van der Waals surface area contributed by atoms with Gasteiger partial charge in [0.05, 0.1) is 6.42 Å². The fourth-order valence-corrected chi connectivity index (χ4v) is 1.77. The molecular weight excluding hydrogens is 232 g/mol. The number of urea groups is 1. The molecule has 1 saturated carbocycles. The summed E-state index contributed by atoms with van der Waals surface area (Å²) in [4.78, 5) is 24.1. The third kappa shape index (κ3) is 3.23. The maximum absolute atomic E-state index is 11.8. The molecule has 5 nitrogen and oxygen atoms in total. The summed E-state index contributed by atoms with van der Waals surface area (Å²) in [5.41, 5.74) is 1.31. The first-order valence-electron chi connectivity index (χ1n) is 5.91. The van der Waals surface area contributed by atoms with Crippen LogP contribution < -0.4 is 5.32 Å². The second-order valence-corrected chi connectivity index (χ2v) is 4.54. The van der Waals surface area contributed by atoms with Crippen molar-refractivity contribution in [2.45, 2.75) is 25.3 Å². The minimum Gasteiger partial charge on any atom is -0.481 e. The lowest BCUT2D eigenvalue weighted by atomic mass is 10.1. The molecule has 0 aliphatic heterocycles. The molecule has 1 aliphatic carbocycles. The third-order valence-corrected chi connectivity index (χ3v) is 2.95. The number of benzene rings is 1. The predicted octanol–water partition coefficient (Wildman–Crippen LogP) is 1.94. The van der Waals surface area contributed by atoms with E-state index >= 15 is 0 Å². The van der Waals surface area contributed by atoms with Crippen molar-refractivity contribution in [3.63, 3.8) is 0 Å². The Bertz CT molecular complexity index is 469. The minimum absolute atomic E-state index is 0.0395. The Kier molecular flexibility index (Phi) is 3.50. The highest BCUT2D eigenvalue weighted by Gasteiger charge is 2.29. The molecule has 0 atom stereocenters. The van der Waals surface area contributed by atoms with Gasteiger partial charge in [-0.1, -0.05) is 12.1 Å². The van der Waals surface area contributed by atoms with Crippen molar-refractivity contribution in [1.29, 1.82) is 0 Å². The predicted molar refractivity (Wildman–Crippen MR) is 67.6 cm³/mol. The number of carbonyl (C=O) groups excluding carboxylic acids is 1. The fraction of sp³-hybridized carbons (Fsp3) is 0.385. The molecule has 1 fully saturated rings. The van der Waals surface area contributed by atoms with Crippen molar-refractivity contribution >= 4 is 17.7 Å². The van der Waals surface area contributed by atoms with Crippen LogP contribution in [0.25, 0.3) is 0 Å². The molecular formula is C13H16N2O3. The van der Waals surface area contributed by atoms with Gasteiger partial charge in [-0.05, 0) is 30.5 Å². The molecule has 0 radical (unpaired) electrons. The summed E-state index contributed by atoms with van der Waals surface area (Å²) in [6.07, 6.45) is 2.08. The van der Waals surface area contributed by atoms with Crippen LogP contribution in [0.4, 0.5) is 10.5 Å². The van der Waals surface area contributed by atoms with Crippen LogP contribution >= 0.6 is 0 Å². The van der Waals surface area contributed by atoms with E-state index in [-0.39, 0.29) is 12.5 Å². The SMILES string of the molecule is CN(C(=O)Nc1cccc(CC(=O)O)c1)C1CC1. The van der Waals surface area contributed by atoms with E-state index < -0.39 is 5.97 Å². The van der Waals surface area contributed by atoms with Crippen molar-refractivity contribution < 1.29 is 14.7 Å². The lowest BCUT2D eigenvalue weighted by Crippen LogP contribution is -2.33. The Hall–Kier alpha value is -2.04. The van der Waals surface area contributed by atoms with Crippen molar-refractivity contribution in [2.24, 2.45) is 0 Å². The topological polar surface area (TPSA) is 69.6 Å². The Morgan fingerprint density at radius 3 is 2.78 bits per heavy atom. The Labute approximate surface area is 105 Å². The lowest BCUT2D eigenvalue weighted by molar-refractivity contribution is -0.136. The van der Waals surface area contributed by atoms with Gasteiger partial charge in [-0.3, -0.25) is 4.79 Å². The summed E-state index contributed by atoms with van der Waals surface area (Å²) < 4.78 is 0. The fourth-order valence-electron chi connectivity index (χ4n) is 1.77. The normalized spacial score (nSPS) is 14.1. The van der Waals surface area contributed by atoms with Gasteiger partial charge >= 0.3 is 12.0 Å². The van der Waals surface area contributed by atoms with Crippen LogP contribution in [0.1, 0.15) is 18.4 Å². The van der Waals surface area contributed by atoms with Gasteiger partial charge in [0.1, 0.15) is 0 Å². The number of carbonyl (C=O) groups is 2. The van der Waals surface area contributed by atoms with Gasteiger partial charge in [0.2, 0.25) is 0 Å². The van der Waals surface area contributed by atoms with Gasteiger partial charge in [-0.25, -0.2) is 4.79 Å². The molecule has 0 heterocycles. The molecule has 1 aliphatic rings. The van der Waals surface area contributed by atoms with Crippen LogP contribution in [-0.2, 0) is 11.2 Å². The third-order valence-electron chi connectivity index (χ3n) is 2.95. The Morgan fingerprint density at radius 2 is 2.17 bits per heavy atom. The van der Waals surface area contributed by atoms with E-state index in [0.29, 0.717) is 17.3 Å². The first-order valence-corrected chi connectivity index (χ1v) is 5.91. The van der Waals surface area contributed by atoms with Gasteiger partial charge in [-0.2, -0.15) is 0 Å². The van der Waals surface area contributed by atoms with Gasteiger partial charge in [0, 0.05) is 18.8 Å². The van der Waals surface area contributed by atoms with E-state index in [1.165, 1.54) is 0 Å². The zero-order chi connectivity index (χ0) is 13.1. The lowest BCUT2D eigenvalue weighted by Gasteiger charge is -2.17. The van der Waals surface area contributed by atoms with Crippen molar-refractivity contribution in [1.82, 2.24) is 4.90 Å². The summed E-state index contributed by atoms with van der Waals surface area (Å²) in [5.74, 6) is -0.881. The van der Waals surface area contributed by atoms with E-state index in [0.717, 1.165) is 12.8 Å². The molecule has 0 aromatic heterocycles. The Morgan fingerprint density at radius 1 is 1.44 bits per heavy atom. The number of nitrogens with one attached hydrogen (secondary N) is 1. The van der Waals surface area contributed by atoms with Crippen LogP contribution in [0.5, 0.6) is 0 Å². The first kappa shape index (κ1) is 12.4. The number of amides is 2. The summed E-state index contributed by atoms with van der Waals surface area (Å²) in [6, 6.07) is 7.12. The van der Waals surface area contributed by atoms with Gasteiger partial charge in [-0.15, -0.1) is 0 Å². The van der Waals surface area contributed by atoms with Gasteiger partial charge in [0.15, 0.2) is 0 Å². The second kappa shape index (κ2) is 5.08. The summed E-state index contributed by atoms with van der Waals surface area (Å²) in [6.45, 7) is 0. The molecule has 0 saturated heterocycles. The minimum atomic E-state index is -0.881. The number of carboxylic acid groups (broad SMARTS) is 1. The van der Waals surface area contributed by atoms with Crippen molar-refractivity contribution in [3.8, 4) is 0 Å². The standard InChI is InChI=1S/C13H16N2O3/c1-15(11-5-6-11)13(18)14-10-4-2-3-9(7-10)8-12(16)17/h2-4,7,11H,5-6,8H2,1H3,(H,14,18)(H,16,17). The molecule has 2 amide bonds. The Balaban J connectivity index is 1.99. The number of carboxylic acids is 1. The molecule has 5 heteroatoms. The average molecular weight is 248 g/mol. The summed E-state index contributed by atoms with van der Waals surface area (Å²) >= 11 is 0. The monoisotopic (exact) mass is 248 g/mol. The number of rotatable bonds is 4. The summed E-state index contributed by atoms with van der Waals surface area (Å²) in [7, 11) is 1.77. The highest BCUT2D eigenvalue weighted by atomic mass is 16.4. The molecule has 2 N–H and O–H groups in total. The number of hydrogen-bond donors (Lipinski definition) is 2. The number of anilines is 1. The molecule has 0 bridgehead atoms. The van der Waals surface area contributed by atoms with E-state index in [1.807, 2.05) is 0 Å². The number of nitrogens with zero attached hydrogens (tertiary/aromatic N) is 1. The van der Waals surface area contributed by atoms with Crippen molar-refractivity contribution in [3.05, 3.63) is 29.8 Å². The first-order chi connectivity index (χ1) is 8.56. The van der Waals surface area contributed by atoms with Gasteiger partial charge in [0.25, 0.3) is 0 Å². The molecule has 1 aromatic rings. The quantitative estimate of drug-likeness (QED) is 0.855. The number of hydrogen-bond acceptors (Lipinski definition) is 2. The smallest absolute Gasteiger partial charge is 0.321 e. The molecule has 0 unspecified atom stereocenters. The zero-order valence-corrected chi connectivity index (χ0v) is 10.2. The molecule has 18 heavy (non-hydrogen) atoms. The molecule has 1 aromatic carbocycles. The number of aliphatic carboxylic acids is 1. The van der Waals surface area contributed by atoms with Crippen LogP contribution in [0.2, 0.25) is 0 Å². The van der Waals surface area contributed by atoms with Gasteiger partial charge < -0.3 is 15.3 Å². The average Bonchev–Trinajstić information content (AvgIpc) is 3.11. The maximum Gasteiger partial charge on any atom is 0.321 e. The van der Waals surface area contributed by atoms with Crippen LogP contribution in [-0.4, -0.2) is 35.1 Å². The highest BCUT2D eigenvalue weighted by molar-refractivity contribution is 5.89. The van der Waals surface area contributed by atoms with E-state index in [9.17, 15) is 9.59 Å². The van der Waals surface area contributed by atoms with Crippen LogP contribution in [0.15, 0.2) is 24.3 Å². The molecule has 2 rings (SSSR count). The van der Waals surface area contributed by atoms with E-state index in [1.54, 1.807) is 36.2 Å². The molecule has 0 spiro atoms. The zero-order valence-electron chi connectivity index (χ0n) is 10.2. The van der Waals surface area contributed by atoms with E-state index in [4.69, 9.17) is 5.11 Å². The molecule has 96 valence electrons. The largest absolute Gasteiger partial charge is 0.481 e. The second-order valence-electron chi connectivity index (χ2n) is 4.54. The summed E-state index contributed by atoms with van der Waals surface area (Å²) in [5, 5.41) is 11.5. The van der Waals surface area contributed by atoms with E-state index in [2.05, 4.69) is 5.32 Å². The van der Waals surface area contributed by atoms with Crippen molar-refractivity contribution in [2.75, 3.05) is 12.4 Å². The highest BCUT2D eigenvalue weighted by Crippen LogP contribution is 2.25. The van der Waals surface area contributed by atoms with Crippen LogP contribution in [0.3, 0.4) is 0 Å².